The molecular formula is C21H24ClFN2O4. The van der Waals surface area contributed by atoms with Crippen molar-refractivity contribution in [2.45, 2.75) is 25.8 Å². The van der Waals surface area contributed by atoms with E-state index in [1.165, 1.54) is 14.2 Å². The summed E-state index contributed by atoms with van der Waals surface area (Å²) in [5.74, 6) is -0.0217. The maximum absolute atomic E-state index is 14.6. The normalized spacial score (nSPS) is 12.4. The molecule has 0 saturated carbocycles. The van der Waals surface area contributed by atoms with Gasteiger partial charge in [-0.05, 0) is 48.4 Å². The topological polar surface area (TPSA) is 76.7 Å². The molecule has 6 nitrogen and oxygen atoms in total. The van der Waals surface area contributed by atoms with E-state index < -0.39 is 11.7 Å². The number of anilines is 1. The van der Waals surface area contributed by atoms with Crippen molar-refractivity contribution in [3.05, 3.63) is 52.8 Å². The molecule has 0 spiro atoms. The molecule has 0 bridgehead atoms. The van der Waals surface area contributed by atoms with Gasteiger partial charge in [-0.1, -0.05) is 6.07 Å². The summed E-state index contributed by atoms with van der Waals surface area (Å²) in [4.78, 5) is 24.6. The molecule has 0 fully saturated rings. The van der Waals surface area contributed by atoms with E-state index in [9.17, 15) is 14.0 Å². The number of halogens is 2. The summed E-state index contributed by atoms with van der Waals surface area (Å²) in [6, 6.07) is 8.22. The number of amides is 1. The summed E-state index contributed by atoms with van der Waals surface area (Å²) in [7, 11) is 3.00. The third-order valence-electron chi connectivity index (χ3n) is 4.77. The van der Waals surface area contributed by atoms with Gasteiger partial charge >= 0.3 is 0 Å². The lowest BCUT2D eigenvalue weighted by molar-refractivity contribution is -0.116. The van der Waals surface area contributed by atoms with Gasteiger partial charge in [0.1, 0.15) is 5.82 Å². The van der Waals surface area contributed by atoms with E-state index >= 15 is 0 Å². The monoisotopic (exact) mass is 422 g/mol. The third-order valence-corrected chi connectivity index (χ3v) is 4.77. The average Bonchev–Trinajstić information content (AvgIpc) is 2.73. The third kappa shape index (κ3) is 5.25. The Morgan fingerprint density at radius 1 is 1.10 bits per heavy atom. The Morgan fingerprint density at radius 2 is 1.86 bits per heavy atom. The maximum atomic E-state index is 14.6. The molecule has 3 rings (SSSR count). The average molecular weight is 423 g/mol. The molecule has 156 valence electrons. The second-order valence-corrected chi connectivity index (χ2v) is 6.53. The van der Waals surface area contributed by atoms with Crippen molar-refractivity contribution in [1.82, 2.24) is 5.32 Å². The van der Waals surface area contributed by atoms with Gasteiger partial charge in [0.25, 0.3) is 0 Å². The second kappa shape index (κ2) is 10.2. The lowest BCUT2D eigenvalue weighted by atomic mass is 9.99. The van der Waals surface area contributed by atoms with Gasteiger partial charge in [-0.2, -0.15) is 0 Å². The van der Waals surface area contributed by atoms with E-state index in [1.807, 2.05) is 6.07 Å². The zero-order valence-corrected chi connectivity index (χ0v) is 17.2. The Morgan fingerprint density at radius 3 is 2.59 bits per heavy atom. The first kappa shape index (κ1) is 22.6. The fraction of sp³-hybridized carbons (Fsp3) is 0.333. The summed E-state index contributed by atoms with van der Waals surface area (Å²) < 4.78 is 24.9. The molecule has 0 saturated heterocycles. The molecule has 1 amide bonds. The second-order valence-electron chi connectivity index (χ2n) is 6.53. The highest BCUT2D eigenvalue weighted by molar-refractivity contribution is 6.00. The van der Waals surface area contributed by atoms with Gasteiger partial charge in [0.15, 0.2) is 17.3 Å². The molecule has 0 unspecified atom stereocenters. The van der Waals surface area contributed by atoms with E-state index in [1.54, 1.807) is 24.3 Å². The molecular weight excluding hydrogens is 399 g/mol. The highest BCUT2D eigenvalue weighted by Gasteiger charge is 2.18. The Kier molecular flexibility index (Phi) is 7.99. The van der Waals surface area contributed by atoms with Crippen LogP contribution in [-0.2, 0) is 17.8 Å². The molecule has 1 heterocycles. The number of hydrogen-bond donors (Lipinski definition) is 2. The number of benzene rings is 2. The zero-order valence-electron chi connectivity index (χ0n) is 16.3. The quantitative estimate of drug-likeness (QED) is 0.668. The van der Waals surface area contributed by atoms with Crippen LogP contribution in [0.1, 0.15) is 34.3 Å². The van der Waals surface area contributed by atoms with Crippen LogP contribution < -0.4 is 20.1 Å². The number of ketones is 1. The fourth-order valence-corrected chi connectivity index (χ4v) is 3.22. The maximum Gasteiger partial charge on any atom is 0.224 e. The number of methoxy groups -OCH3 is 2. The molecule has 0 radical (unpaired) electrons. The molecule has 2 N–H and O–H groups in total. The molecule has 29 heavy (non-hydrogen) atoms. The van der Waals surface area contributed by atoms with Crippen LogP contribution in [0, 0.1) is 5.82 Å². The summed E-state index contributed by atoms with van der Waals surface area (Å²) >= 11 is 0. The van der Waals surface area contributed by atoms with Crippen molar-refractivity contribution in [3.8, 4) is 11.5 Å². The van der Waals surface area contributed by atoms with Crippen LogP contribution in [0.3, 0.4) is 0 Å². The molecule has 2 aromatic rings. The van der Waals surface area contributed by atoms with Gasteiger partial charge in [0.05, 0.1) is 19.9 Å². The van der Waals surface area contributed by atoms with Crippen LogP contribution in [0.15, 0.2) is 30.3 Å². The van der Waals surface area contributed by atoms with Crippen molar-refractivity contribution in [3.63, 3.8) is 0 Å². The van der Waals surface area contributed by atoms with Crippen LogP contribution in [0.25, 0.3) is 0 Å². The standard InChI is InChI=1S/C21H23FN2O4.ClH/c1-27-18-7-4-13(11-19(18)28-2)17(25)6-8-20(26)24-16-5-3-14-12-23-10-9-15(14)21(16)22;/h3-5,7,11,23H,6,8-10,12H2,1-2H3,(H,24,26);1H. The van der Waals surface area contributed by atoms with Gasteiger partial charge in [0, 0.05) is 24.9 Å². The lowest BCUT2D eigenvalue weighted by Gasteiger charge is -2.19. The largest absolute Gasteiger partial charge is 0.493 e. The zero-order chi connectivity index (χ0) is 20.1. The Balaban J connectivity index is 0.00000300. The molecule has 0 atom stereocenters. The number of fused-ring (bicyclic) bond motifs is 1. The minimum absolute atomic E-state index is 0. The molecule has 0 aliphatic carbocycles. The van der Waals surface area contributed by atoms with Gasteiger partial charge in [-0.3, -0.25) is 9.59 Å². The number of ether oxygens (including phenoxy) is 2. The Bertz CT molecular complexity index is 904. The molecule has 8 heteroatoms. The number of carbonyl (C=O) groups is 2. The van der Waals surface area contributed by atoms with Crippen molar-refractivity contribution >= 4 is 29.8 Å². The summed E-state index contributed by atoms with van der Waals surface area (Å²) in [6.07, 6.45) is 0.561. The number of nitrogens with one attached hydrogen (secondary N) is 2. The SMILES string of the molecule is COc1ccc(C(=O)CCC(=O)Nc2ccc3c(c2F)CCNC3)cc1OC.Cl. The molecule has 2 aromatic carbocycles. The fourth-order valence-electron chi connectivity index (χ4n) is 3.22. The predicted octanol–water partition coefficient (Wildman–Crippen LogP) is 3.51. The predicted molar refractivity (Wildman–Crippen MR) is 111 cm³/mol. The lowest BCUT2D eigenvalue weighted by Crippen LogP contribution is -2.25. The minimum atomic E-state index is -0.401. The summed E-state index contributed by atoms with van der Waals surface area (Å²) in [5.41, 5.74) is 2.13. The number of Topliss-reactive ketones (excluding diaryl/α,β-unsaturated/α-hetero) is 1. The number of hydrogen-bond acceptors (Lipinski definition) is 5. The van der Waals surface area contributed by atoms with Crippen LogP contribution in [0.2, 0.25) is 0 Å². The molecule has 1 aliphatic heterocycles. The minimum Gasteiger partial charge on any atom is -0.493 e. The van der Waals surface area contributed by atoms with Crippen molar-refractivity contribution in [1.29, 1.82) is 0 Å². The highest BCUT2D eigenvalue weighted by atomic mass is 35.5. The molecule has 1 aliphatic rings. The van der Waals surface area contributed by atoms with Crippen LogP contribution >= 0.6 is 12.4 Å². The van der Waals surface area contributed by atoms with E-state index in [0.717, 1.165) is 5.56 Å². The van der Waals surface area contributed by atoms with Crippen molar-refractivity contribution in [2.75, 3.05) is 26.1 Å². The van der Waals surface area contributed by atoms with Crippen molar-refractivity contribution < 1.29 is 23.5 Å². The Labute approximate surface area is 175 Å². The van der Waals surface area contributed by atoms with Gasteiger partial charge in [0.2, 0.25) is 5.91 Å². The van der Waals surface area contributed by atoms with Gasteiger partial charge < -0.3 is 20.1 Å². The van der Waals surface area contributed by atoms with Crippen LogP contribution in [0.4, 0.5) is 10.1 Å². The van der Waals surface area contributed by atoms with Crippen LogP contribution in [-0.4, -0.2) is 32.5 Å². The van der Waals surface area contributed by atoms with E-state index in [4.69, 9.17) is 9.47 Å². The Hall–Kier alpha value is -2.64. The molecule has 0 aromatic heterocycles. The van der Waals surface area contributed by atoms with E-state index in [-0.39, 0.29) is 36.7 Å². The summed E-state index contributed by atoms with van der Waals surface area (Å²) in [5, 5.41) is 5.76. The number of carbonyl (C=O) groups excluding carboxylic acids is 2. The summed E-state index contributed by atoms with van der Waals surface area (Å²) in [6.45, 7) is 1.33. The van der Waals surface area contributed by atoms with Gasteiger partial charge in [-0.15, -0.1) is 12.4 Å². The smallest absolute Gasteiger partial charge is 0.224 e. The first-order valence-corrected chi connectivity index (χ1v) is 9.09. The first-order chi connectivity index (χ1) is 13.5. The highest BCUT2D eigenvalue weighted by Crippen LogP contribution is 2.28. The van der Waals surface area contributed by atoms with E-state index in [2.05, 4.69) is 10.6 Å². The van der Waals surface area contributed by atoms with E-state index in [0.29, 0.717) is 42.1 Å². The van der Waals surface area contributed by atoms with Crippen LogP contribution in [0.5, 0.6) is 11.5 Å². The first-order valence-electron chi connectivity index (χ1n) is 9.09. The van der Waals surface area contributed by atoms with Crippen molar-refractivity contribution in [2.24, 2.45) is 0 Å². The number of rotatable bonds is 7. The van der Waals surface area contributed by atoms with Gasteiger partial charge in [-0.25, -0.2) is 4.39 Å².